The Bertz CT molecular complexity index is 668. The zero-order valence-corrected chi connectivity index (χ0v) is 16.0. The smallest absolute Gasteiger partial charge is 0.0471 e. The van der Waals surface area contributed by atoms with Crippen molar-refractivity contribution < 1.29 is 5.11 Å². The number of hydrogen-bond donors (Lipinski definition) is 2. The van der Waals surface area contributed by atoms with Crippen molar-refractivity contribution >= 4 is 0 Å². The van der Waals surface area contributed by atoms with Gasteiger partial charge in [-0.25, -0.2) is 0 Å². The summed E-state index contributed by atoms with van der Waals surface area (Å²) in [5.41, 5.74) is 5.25. The minimum Gasteiger partial charge on any atom is -0.396 e. The predicted molar refractivity (Wildman–Crippen MR) is 109 cm³/mol. The number of piperidine rings is 1. The Balaban J connectivity index is 1.38. The van der Waals surface area contributed by atoms with Gasteiger partial charge in [-0.05, 0) is 74.0 Å². The molecule has 0 spiro atoms. The summed E-state index contributed by atoms with van der Waals surface area (Å²) < 4.78 is 0. The lowest BCUT2D eigenvalue weighted by Gasteiger charge is -2.31. The van der Waals surface area contributed by atoms with Crippen LogP contribution in [0.1, 0.15) is 30.4 Å². The number of hydrogen-bond acceptors (Lipinski definition) is 3. The van der Waals surface area contributed by atoms with E-state index < -0.39 is 0 Å². The monoisotopic (exact) mass is 352 g/mol. The van der Waals surface area contributed by atoms with Gasteiger partial charge in [-0.3, -0.25) is 0 Å². The Kier molecular flexibility index (Phi) is 7.24. The van der Waals surface area contributed by atoms with Gasteiger partial charge >= 0.3 is 0 Å². The average Bonchev–Trinajstić information content (AvgIpc) is 2.69. The first kappa shape index (κ1) is 19.1. The fourth-order valence-electron chi connectivity index (χ4n) is 3.86. The second-order valence-corrected chi connectivity index (χ2v) is 7.53. The Morgan fingerprint density at radius 1 is 1.12 bits per heavy atom. The standard InChI is InChI=1S/C23H32N2O/c1-19-6-2-3-8-23(19)22-11-9-20(10-12-22)16-24-13-5-15-25-14-4-7-21(17-25)18-26/h2-3,6,8-12,21,24,26H,4-5,7,13-18H2,1H3. The van der Waals surface area contributed by atoms with Crippen molar-refractivity contribution in [2.45, 2.75) is 32.7 Å². The summed E-state index contributed by atoms with van der Waals surface area (Å²) in [6.07, 6.45) is 3.58. The zero-order valence-electron chi connectivity index (χ0n) is 16.0. The topological polar surface area (TPSA) is 35.5 Å². The molecular weight excluding hydrogens is 320 g/mol. The van der Waals surface area contributed by atoms with Crippen molar-refractivity contribution in [3.63, 3.8) is 0 Å². The van der Waals surface area contributed by atoms with Crippen LogP contribution in [0.15, 0.2) is 48.5 Å². The van der Waals surface area contributed by atoms with Gasteiger partial charge in [0.1, 0.15) is 0 Å². The van der Waals surface area contributed by atoms with E-state index in [1.54, 1.807) is 0 Å². The molecule has 1 atom stereocenters. The maximum atomic E-state index is 9.31. The third-order valence-corrected chi connectivity index (χ3v) is 5.43. The van der Waals surface area contributed by atoms with Crippen LogP contribution in [0.5, 0.6) is 0 Å². The van der Waals surface area contributed by atoms with Crippen LogP contribution in [0, 0.1) is 12.8 Å². The highest BCUT2D eigenvalue weighted by Crippen LogP contribution is 2.23. The normalized spacial score (nSPS) is 18.2. The zero-order chi connectivity index (χ0) is 18.2. The van der Waals surface area contributed by atoms with Gasteiger partial charge in [0.05, 0.1) is 0 Å². The van der Waals surface area contributed by atoms with Gasteiger partial charge in [0.15, 0.2) is 0 Å². The van der Waals surface area contributed by atoms with Crippen LogP contribution in [0.25, 0.3) is 11.1 Å². The molecule has 1 unspecified atom stereocenters. The molecule has 3 rings (SSSR count). The van der Waals surface area contributed by atoms with E-state index in [4.69, 9.17) is 0 Å². The van der Waals surface area contributed by atoms with E-state index in [1.165, 1.54) is 48.1 Å². The molecule has 1 aliphatic heterocycles. The van der Waals surface area contributed by atoms with E-state index in [1.807, 2.05) is 0 Å². The molecule has 1 heterocycles. The molecule has 1 fully saturated rings. The summed E-state index contributed by atoms with van der Waals surface area (Å²) in [5, 5.41) is 12.9. The molecule has 3 nitrogen and oxygen atoms in total. The molecule has 0 aromatic heterocycles. The lowest BCUT2D eigenvalue weighted by molar-refractivity contribution is 0.119. The van der Waals surface area contributed by atoms with Gasteiger partial charge in [-0.2, -0.15) is 0 Å². The van der Waals surface area contributed by atoms with Gasteiger partial charge in [0, 0.05) is 19.7 Å². The van der Waals surface area contributed by atoms with E-state index in [-0.39, 0.29) is 0 Å². The minimum absolute atomic E-state index is 0.341. The first-order valence-corrected chi connectivity index (χ1v) is 9.95. The van der Waals surface area contributed by atoms with Crippen LogP contribution < -0.4 is 5.32 Å². The second kappa shape index (κ2) is 9.86. The highest BCUT2D eigenvalue weighted by Gasteiger charge is 2.18. The molecule has 140 valence electrons. The summed E-state index contributed by atoms with van der Waals surface area (Å²) in [5.74, 6) is 0.489. The fourth-order valence-corrected chi connectivity index (χ4v) is 3.86. The number of rotatable bonds is 8. The van der Waals surface area contributed by atoms with Gasteiger partial charge in [-0.15, -0.1) is 0 Å². The van der Waals surface area contributed by atoms with Crippen LogP contribution in [0.4, 0.5) is 0 Å². The largest absolute Gasteiger partial charge is 0.396 e. The van der Waals surface area contributed by atoms with Crippen molar-refractivity contribution in [3.05, 3.63) is 59.7 Å². The highest BCUT2D eigenvalue weighted by molar-refractivity contribution is 5.67. The average molecular weight is 353 g/mol. The van der Waals surface area contributed by atoms with Gasteiger partial charge in [0.25, 0.3) is 0 Å². The fraction of sp³-hybridized carbons (Fsp3) is 0.478. The predicted octanol–water partition coefficient (Wildman–Crippen LogP) is 3.85. The third-order valence-electron chi connectivity index (χ3n) is 5.43. The second-order valence-electron chi connectivity index (χ2n) is 7.53. The highest BCUT2D eigenvalue weighted by atomic mass is 16.3. The Labute approximate surface area is 158 Å². The molecule has 0 aliphatic carbocycles. The summed E-state index contributed by atoms with van der Waals surface area (Å²) >= 11 is 0. The molecule has 0 radical (unpaired) electrons. The van der Waals surface area contributed by atoms with Crippen molar-refractivity contribution in [1.29, 1.82) is 0 Å². The lowest BCUT2D eigenvalue weighted by Crippen LogP contribution is -2.38. The van der Waals surface area contributed by atoms with E-state index in [0.29, 0.717) is 12.5 Å². The molecule has 0 bridgehead atoms. The molecule has 26 heavy (non-hydrogen) atoms. The van der Waals surface area contributed by atoms with Gasteiger partial charge in [-0.1, -0.05) is 48.5 Å². The van der Waals surface area contributed by atoms with E-state index >= 15 is 0 Å². The molecule has 2 aromatic rings. The molecule has 3 heteroatoms. The SMILES string of the molecule is Cc1ccccc1-c1ccc(CNCCCN2CCCC(CO)C2)cc1. The Hall–Kier alpha value is -1.68. The third kappa shape index (κ3) is 5.41. The first-order valence-electron chi connectivity index (χ1n) is 9.95. The molecule has 1 saturated heterocycles. The van der Waals surface area contributed by atoms with Gasteiger partial charge in [0.2, 0.25) is 0 Å². The number of nitrogens with one attached hydrogen (secondary N) is 1. The van der Waals surface area contributed by atoms with Crippen LogP contribution in [-0.2, 0) is 6.54 Å². The van der Waals surface area contributed by atoms with Crippen molar-refractivity contribution in [2.75, 3.05) is 32.8 Å². The summed E-state index contributed by atoms with van der Waals surface area (Å²) in [6.45, 7) is 7.86. The summed E-state index contributed by atoms with van der Waals surface area (Å²) in [7, 11) is 0. The molecule has 2 aromatic carbocycles. The maximum Gasteiger partial charge on any atom is 0.0471 e. The van der Waals surface area contributed by atoms with E-state index in [0.717, 1.165) is 26.2 Å². The lowest BCUT2D eigenvalue weighted by atomic mass is 9.99. The minimum atomic E-state index is 0.341. The molecule has 2 N–H and O–H groups in total. The quantitative estimate of drug-likeness (QED) is 0.709. The Morgan fingerprint density at radius 3 is 2.69 bits per heavy atom. The van der Waals surface area contributed by atoms with E-state index in [9.17, 15) is 5.11 Å². The number of aliphatic hydroxyl groups is 1. The van der Waals surface area contributed by atoms with Crippen LogP contribution in [0.2, 0.25) is 0 Å². The van der Waals surface area contributed by atoms with Crippen molar-refractivity contribution in [2.24, 2.45) is 5.92 Å². The first-order chi connectivity index (χ1) is 12.8. The van der Waals surface area contributed by atoms with Crippen LogP contribution >= 0.6 is 0 Å². The van der Waals surface area contributed by atoms with Crippen molar-refractivity contribution in [3.8, 4) is 11.1 Å². The van der Waals surface area contributed by atoms with Crippen molar-refractivity contribution in [1.82, 2.24) is 10.2 Å². The summed E-state index contributed by atoms with van der Waals surface area (Å²) in [6, 6.07) is 17.4. The van der Waals surface area contributed by atoms with Crippen LogP contribution in [0.3, 0.4) is 0 Å². The number of aliphatic hydroxyl groups excluding tert-OH is 1. The maximum absolute atomic E-state index is 9.31. The Morgan fingerprint density at radius 2 is 1.92 bits per heavy atom. The van der Waals surface area contributed by atoms with E-state index in [2.05, 4.69) is 65.7 Å². The summed E-state index contributed by atoms with van der Waals surface area (Å²) in [4.78, 5) is 2.50. The molecule has 0 amide bonds. The number of nitrogens with zero attached hydrogens (tertiary/aromatic N) is 1. The molecular formula is C23H32N2O. The molecule has 1 aliphatic rings. The molecule has 0 saturated carbocycles. The number of benzene rings is 2. The van der Waals surface area contributed by atoms with Crippen LogP contribution in [-0.4, -0.2) is 42.8 Å². The number of aryl methyl sites for hydroxylation is 1. The number of likely N-dealkylation sites (tertiary alicyclic amines) is 1. The van der Waals surface area contributed by atoms with Gasteiger partial charge < -0.3 is 15.3 Å².